The van der Waals surface area contributed by atoms with Crippen molar-refractivity contribution in [1.82, 2.24) is 29.4 Å². The van der Waals surface area contributed by atoms with Gasteiger partial charge >= 0.3 is 0 Å². The molecule has 2 aromatic heterocycles. The van der Waals surface area contributed by atoms with Gasteiger partial charge in [0.15, 0.2) is 5.82 Å². The van der Waals surface area contributed by atoms with Crippen molar-refractivity contribution in [2.45, 2.75) is 19.5 Å². The van der Waals surface area contributed by atoms with E-state index in [4.69, 9.17) is 4.98 Å². The smallest absolute Gasteiger partial charge is 0.257 e. The number of carbonyl (C=O) groups is 1. The third-order valence-electron chi connectivity index (χ3n) is 5.32. The van der Waals surface area contributed by atoms with Crippen LogP contribution < -0.4 is 0 Å². The first-order valence-corrected chi connectivity index (χ1v) is 10.1. The average molecular weight is 398 g/mol. The highest BCUT2D eigenvalue weighted by molar-refractivity contribution is 5.93. The third kappa shape index (κ3) is 3.74. The first-order valence-electron chi connectivity index (χ1n) is 10.1. The normalized spacial score (nSPS) is 13.7. The molecule has 0 atom stereocenters. The molecule has 0 saturated carbocycles. The van der Waals surface area contributed by atoms with Gasteiger partial charge in [-0.05, 0) is 5.56 Å². The Kier molecular flexibility index (Phi) is 4.85. The summed E-state index contributed by atoms with van der Waals surface area (Å²) in [7, 11) is 0. The number of nitrogens with zero attached hydrogens (tertiary/aromatic N) is 6. The summed E-state index contributed by atoms with van der Waals surface area (Å²) in [6, 6.07) is 20.1. The molecule has 0 N–H and O–H groups in total. The third-order valence-corrected chi connectivity index (χ3v) is 5.32. The highest BCUT2D eigenvalue weighted by atomic mass is 16.2. The zero-order valence-electron chi connectivity index (χ0n) is 16.6. The second-order valence-electron chi connectivity index (χ2n) is 7.40. The van der Waals surface area contributed by atoms with Crippen LogP contribution in [0.5, 0.6) is 0 Å². The number of amides is 1. The minimum absolute atomic E-state index is 0.00310. The zero-order chi connectivity index (χ0) is 20.3. The Hall–Kier alpha value is -3.74. The lowest BCUT2D eigenvalue weighted by molar-refractivity contribution is 0.0758. The van der Waals surface area contributed by atoms with Crippen LogP contribution in [0.1, 0.15) is 21.7 Å². The highest BCUT2D eigenvalue weighted by Gasteiger charge is 2.23. The molecule has 0 fully saturated rings. The van der Waals surface area contributed by atoms with E-state index in [9.17, 15) is 4.79 Å². The maximum Gasteiger partial charge on any atom is 0.257 e. The molecule has 0 aliphatic carbocycles. The summed E-state index contributed by atoms with van der Waals surface area (Å²) < 4.78 is 3.73. The van der Waals surface area contributed by atoms with Gasteiger partial charge in [0.2, 0.25) is 0 Å². The number of hydrogen-bond acceptors (Lipinski definition) is 4. The van der Waals surface area contributed by atoms with Crippen LogP contribution >= 0.6 is 0 Å². The molecule has 4 aromatic rings. The van der Waals surface area contributed by atoms with E-state index in [0.29, 0.717) is 38.2 Å². The lowest BCUT2D eigenvalue weighted by atomic mass is 10.2. The van der Waals surface area contributed by atoms with Gasteiger partial charge in [0, 0.05) is 31.3 Å². The SMILES string of the molecule is O=C(c1cnn(Cc2ccccc2)c1)N1CCc2nc(-c3ccccc3)nn2CC1. The molecule has 0 unspecified atom stereocenters. The van der Waals surface area contributed by atoms with Crippen molar-refractivity contribution in [2.75, 3.05) is 13.1 Å². The van der Waals surface area contributed by atoms with Gasteiger partial charge in [-0.15, -0.1) is 0 Å². The topological polar surface area (TPSA) is 68.8 Å². The summed E-state index contributed by atoms with van der Waals surface area (Å²) >= 11 is 0. The van der Waals surface area contributed by atoms with Crippen LogP contribution in [0.2, 0.25) is 0 Å². The van der Waals surface area contributed by atoms with Crippen LogP contribution in [-0.2, 0) is 19.5 Å². The summed E-state index contributed by atoms with van der Waals surface area (Å²) in [6.07, 6.45) is 4.16. The van der Waals surface area contributed by atoms with Crippen LogP contribution in [0, 0.1) is 0 Å². The second kappa shape index (κ2) is 7.94. The fraction of sp³-hybridized carbons (Fsp3) is 0.217. The molecule has 0 bridgehead atoms. The molecule has 3 heterocycles. The summed E-state index contributed by atoms with van der Waals surface area (Å²) in [5.74, 6) is 1.67. The van der Waals surface area contributed by atoms with Gasteiger partial charge in [-0.1, -0.05) is 60.7 Å². The van der Waals surface area contributed by atoms with Gasteiger partial charge in [-0.2, -0.15) is 10.2 Å². The van der Waals surface area contributed by atoms with E-state index in [1.807, 2.05) is 64.3 Å². The Morgan fingerprint density at radius 2 is 1.70 bits per heavy atom. The Morgan fingerprint density at radius 3 is 2.50 bits per heavy atom. The number of rotatable bonds is 4. The van der Waals surface area contributed by atoms with Crippen molar-refractivity contribution in [1.29, 1.82) is 0 Å². The van der Waals surface area contributed by atoms with Crippen LogP contribution in [0.3, 0.4) is 0 Å². The summed E-state index contributed by atoms with van der Waals surface area (Å²) in [6.45, 7) is 2.51. The molecule has 1 aliphatic rings. The Labute approximate surface area is 174 Å². The van der Waals surface area contributed by atoms with Crippen LogP contribution in [-0.4, -0.2) is 48.4 Å². The summed E-state index contributed by atoms with van der Waals surface area (Å²) in [5, 5.41) is 9.01. The van der Waals surface area contributed by atoms with E-state index < -0.39 is 0 Å². The Balaban J connectivity index is 1.26. The molecule has 1 amide bonds. The van der Waals surface area contributed by atoms with E-state index in [0.717, 1.165) is 22.8 Å². The van der Waals surface area contributed by atoms with Gasteiger partial charge in [-0.25, -0.2) is 9.67 Å². The fourth-order valence-electron chi connectivity index (χ4n) is 3.73. The molecule has 0 saturated heterocycles. The molecule has 30 heavy (non-hydrogen) atoms. The van der Waals surface area contributed by atoms with Crippen LogP contribution in [0.15, 0.2) is 73.1 Å². The van der Waals surface area contributed by atoms with E-state index >= 15 is 0 Å². The lowest BCUT2D eigenvalue weighted by Gasteiger charge is -2.18. The number of hydrogen-bond donors (Lipinski definition) is 0. The summed E-state index contributed by atoms with van der Waals surface area (Å²) in [4.78, 5) is 19.6. The molecular formula is C23H22N6O. The maximum absolute atomic E-state index is 13.0. The van der Waals surface area contributed by atoms with Crippen molar-refractivity contribution in [3.63, 3.8) is 0 Å². The largest absolute Gasteiger partial charge is 0.336 e. The van der Waals surface area contributed by atoms with E-state index in [1.54, 1.807) is 10.9 Å². The monoisotopic (exact) mass is 398 g/mol. The molecule has 1 aliphatic heterocycles. The minimum atomic E-state index is 0.00310. The van der Waals surface area contributed by atoms with Crippen LogP contribution in [0.25, 0.3) is 11.4 Å². The number of benzene rings is 2. The lowest BCUT2D eigenvalue weighted by Crippen LogP contribution is -2.33. The molecule has 0 spiro atoms. The van der Waals surface area contributed by atoms with Gasteiger partial charge < -0.3 is 4.90 Å². The molecule has 7 nitrogen and oxygen atoms in total. The van der Waals surface area contributed by atoms with E-state index in [1.165, 1.54) is 0 Å². The van der Waals surface area contributed by atoms with Crippen molar-refractivity contribution >= 4 is 5.91 Å². The minimum Gasteiger partial charge on any atom is -0.336 e. The zero-order valence-corrected chi connectivity index (χ0v) is 16.6. The van der Waals surface area contributed by atoms with E-state index in [2.05, 4.69) is 22.3 Å². The van der Waals surface area contributed by atoms with Crippen molar-refractivity contribution < 1.29 is 4.79 Å². The van der Waals surface area contributed by atoms with Gasteiger partial charge in [0.25, 0.3) is 5.91 Å². The van der Waals surface area contributed by atoms with Gasteiger partial charge in [0.05, 0.1) is 24.8 Å². The van der Waals surface area contributed by atoms with Gasteiger partial charge in [-0.3, -0.25) is 9.48 Å². The Bertz CT molecular complexity index is 1120. The van der Waals surface area contributed by atoms with Gasteiger partial charge in [0.1, 0.15) is 5.82 Å². The number of fused-ring (bicyclic) bond motifs is 1. The predicted octanol–water partition coefficient (Wildman–Crippen LogP) is 2.89. The standard InChI is InChI=1S/C23H22N6O/c30-23(20-15-24-28(17-20)16-18-7-3-1-4-8-18)27-12-11-21-25-22(26-29(21)14-13-27)19-9-5-2-6-10-19/h1-10,15,17H,11-14,16H2. The predicted molar refractivity (Wildman–Crippen MR) is 113 cm³/mol. The van der Waals surface area contributed by atoms with Crippen molar-refractivity contribution in [3.8, 4) is 11.4 Å². The first-order chi connectivity index (χ1) is 14.8. The molecular weight excluding hydrogens is 376 g/mol. The number of carbonyl (C=O) groups excluding carboxylic acids is 1. The Morgan fingerprint density at radius 1 is 0.933 bits per heavy atom. The molecule has 5 rings (SSSR count). The molecule has 2 aromatic carbocycles. The first kappa shape index (κ1) is 18.3. The second-order valence-corrected chi connectivity index (χ2v) is 7.40. The van der Waals surface area contributed by atoms with Crippen molar-refractivity contribution in [3.05, 3.63) is 90.0 Å². The van der Waals surface area contributed by atoms with Crippen LogP contribution in [0.4, 0.5) is 0 Å². The number of aromatic nitrogens is 5. The quantitative estimate of drug-likeness (QED) is 0.530. The molecule has 0 radical (unpaired) electrons. The maximum atomic E-state index is 13.0. The van der Waals surface area contributed by atoms with E-state index in [-0.39, 0.29) is 5.91 Å². The summed E-state index contributed by atoms with van der Waals surface area (Å²) in [5.41, 5.74) is 2.78. The average Bonchev–Trinajstić information content (AvgIpc) is 3.37. The fourth-order valence-corrected chi connectivity index (χ4v) is 3.73. The van der Waals surface area contributed by atoms with Crippen molar-refractivity contribution in [2.24, 2.45) is 0 Å². The molecule has 150 valence electrons. The highest BCUT2D eigenvalue weighted by Crippen LogP contribution is 2.18. The molecule has 7 heteroatoms.